The van der Waals surface area contributed by atoms with Crippen LogP contribution < -0.4 is 11.2 Å². The smallest absolute Gasteiger partial charge is 0.249 e. The molecule has 22 heavy (non-hydrogen) atoms. The van der Waals surface area contributed by atoms with E-state index in [-0.39, 0.29) is 6.04 Å². The average Bonchev–Trinajstić information content (AvgIpc) is 3.10. The highest BCUT2D eigenvalue weighted by Crippen LogP contribution is 2.30. The average molecular weight is 353 g/mol. The third-order valence-corrected chi connectivity index (χ3v) is 4.92. The van der Waals surface area contributed by atoms with E-state index in [1.165, 1.54) is 11.3 Å². The van der Waals surface area contributed by atoms with Gasteiger partial charge in [0, 0.05) is 38.9 Å². The molecule has 0 saturated heterocycles. The number of nitrogens with zero attached hydrogens (tertiary/aromatic N) is 1. The van der Waals surface area contributed by atoms with E-state index in [1.807, 2.05) is 12.5 Å². The standard InChI is InChI=1S/C15H12Cl2N3OS/c16-10-2-1-8(12(17)5-10)3-11-6-13(20-19-11)14-4-9(7-22-14)15(18)21/h1-5,7,13,20H,6H2,(H2,18,21). The number of primary amides is 1. The van der Waals surface area contributed by atoms with Gasteiger partial charge in [-0.3, -0.25) is 4.79 Å². The van der Waals surface area contributed by atoms with Gasteiger partial charge >= 0.3 is 0 Å². The minimum Gasteiger partial charge on any atom is -0.366 e. The van der Waals surface area contributed by atoms with Crippen molar-refractivity contribution in [1.29, 1.82) is 0 Å². The Hall–Kier alpha value is -1.56. The van der Waals surface area contributed by atoms with Crippen molar-refractivity contribution in [1.82, 2.24) is 5.43 Å². The normalized spacial score (nSPS) is 17.2. The molecule has 1 aromatic heterocycles. The summed E-state index contributed by atoms with van der Waals surface area (Å²) in [6.45, 7) is 0. The van der Waals surface area contributed by atoms with Crippen molar-refractivity contribution in [3.05, 3.63) is 62.1 Å². The summed E-state index contributed by atoms with van der Waals surface area (Å²) in [4.78, 5) is 12.2. The van der Waals surface area contributed by atoms with Crippen molar-refractivity contribution in [3.63, 3.8) is 0 Å². The molecule has 113 valence electrons. The van der Waals surface area contributed by atoms with Gasteiger partial charge in [0.05, 0.1) is 11.6 Å². The molecule has 1 atom stereocenters. The second-order valence-corrected chi connectivity index (χ2v) is 6.69. The van der Waals surface area contributed by atoms with Crippen molar-refractivity contribution in [2.75, 3.05) is 0 Å². The quantitative estimate of drug-likeness (QED) is 0.878. The zero-order valence-electron chi connectivity index (χ0n) is 11.3. The molecule has 0 aliphatic carbocycles. The molecular weight excluding hydrogens is 341 g/mol. The van der Waals surface area contributed by atoms with Crippen molar-refractivity contribution < 1.29 is 4.79 Å². The van der Waals surface area contributed by atoms with Crippen LogP contribution >= 0.6 is 34.5 Å². The number of amides is 1. The van der Waals surface area contributed by atoms with E-state index < -0.39 is 5.91 Å². The number of benzene rings is 1. The van der Waals surface area contributed by atoms with Crippen molar-refractivity contribution >= 4 is 46.2 Å². The number of carbonyl (C=O) groups excluding carboxylic acids is 1. The van der Waals surface area contributed by atoms with Gasteiger partial charge in [-0.05, 0) is 23.8 Å². The van der Waals surface area contributed by atoms with E-state index in [0.717, 1.165) is 22.6 Å². The van der Waals surface area contributed by atoms with Gasteiger partial charge in [0.2, 0.25) is 5.91 Å². The van der Waals surface area contributed by atoms with Crippen LogP contribution in [-0.4, -0.2) is 11.6 Å². The Morgan fingerprint density at radius 3 is 2.91 bits per heavy atom. The van der Waals surface area contributed by atoms with Gasteiger partial charge in [-0.1, -0.05) is 29.3 Å². The van der Waals surface area contributed by atoms with E-state index in [0.29, 0.717) is 15.6 Å². The Kier molecular flexibility index (Phi) is 4.38. The monoisotopic (exact) mass is 352 g/mol. The molecule has 0 bridgehead atoms. The number of nitrogens with one attached hydrogen (secondary N) is 1. The van der Waals surface area contributed by atoms with Gasteiger partial charge in [0.15, 0.2) is 0 Å². The predicted octanol–water partition coefficient (Wildman–Crippen LogP) is 3.80. The van der Waals surface area contributed by atoms with E-state index in [1.54, 1.807) is 23.6 Å². The van der Waals surface area contributed by atoms with Crippen molar-refractivity contribution in [2.45, 2.75) is 12.5 Å². The topological polar surface area (TPSA) is 67.5 Å². The van der Waals surface area contributed by atoms with Gasteiger partial charge in [0.25, 0.3) is 0 Å². The number of hydrazone groups is 1. The number of thiophene rings is 1. The first kappa shape index (κ1) is 15.3. The Labute approximate surface area is 141 Å². The van der Waals surface area contributed by atoms with Crippen LogP contribution in [0.25, 0.3) is 0 Å². The van der Waals surface area contributed by atoms with Gasteiger partial charge in [-0.2, -0.15) is 5.10 Å². The maximum Gasteiger partial charge on any atom is 0.249 e. The van der Waals surface area contributed by atoms with Gasteiger partial charge in [0.1, 0.15) is 0 Å². The largest absolute Gasteiger partial charge is 0.366 e. The lowest BCUT2D eigenvalue weighted by atomic mass is 10.0. The zero-order chi connectivity index (χ0) is 15.7. The number of rotatable bonds is 4. The first-order valence-electron chi connectivity index (χ1n) is 6.53. The molecule has 1 aliphatic heterocycles. The minimum absolute atomic E-state index is 0.0513. The molecule has 0 spiro atoms. The zero-order valence-corrected chi connectivity index (χ0v) is 13.7. The first-order chi connectivity index (χ1) is 10.5. The van der Waals surface area contributed by atoms with Crippen molar-refractivity contribution in [3.8, 4) is 0 Å². The van der Waals surface area contributed by atoms with E-state index >= 15 is 0 Å². The summed E-state index contributed by atoms with van der Waals surface area (Å²) in [6, 6.07) is 7.21. The van der Waals surface area contributed by atoms with E-state index in [4.69, 9.17) is 28.9 Å². The van der Waals surface area contributed by atoms with Crippen LogP contribution in [0.3, 0.4) is 0 Å². The molecule has 1 amide bonds. The first-order valence-corrected chi connectivity index (χ1v) is 8.16. The van der Waals surface area contributed by atoms with Gasteiger partial charge in [-0.15, -0.1) is 11.3 Å². The maximum absolute atomic E-state index is 11.1. The number of hydrogen-bond acceptors (Lipinski definition) is 4. The van der Waals surface area contributed by atoms with Crippen LogP contribution in [0.2, 0.25) is 10.0 Å². The highest BCUT2D eigenvalue weighted by molar-refractivity contribution is 7.10. The molecule has 3 N–H and O–H groups in total. The Bertz CT molecular complexity index is 757. The van der Waals surface area contributed by atoms with Gasteiger partial charge in [-0.25, -0.2) is 0 Å². The fraction of sp³-hybridized carbons (Fsp3) is 0.133. The molecule has 7 heteroatoms. The summed E-state index contributed by atoms with van der Waals surface area (Å²) in [5, 5.41) is 7.27. The van der Waals surface area contributed by atoms with Crippen LogP contribution in [0, 0.1) is 6.42 Å². The lowest BCUT2D eigenvalue weighted by molar-refractivity contribution is 0.100. The molecule has 2 heterocycles. The number of halogens is 2. The summed E-state index contributed by atoms with van der Waals surface area (Å²) >= 11 is 13.5. The summed E-state index contributed by atoms with van der Waals surface area (Å²) < 4.78 is 0. The molecule has 1 radical (unpaired) electrons. The number of hydrogen-bond donors (Lipinski definition) is 2. The fourth-order valence-electron chi connectivity index (χ4n) is 2.18. The van der Waals surface area contributed by atoms with Crippen LogP contribution in [0.4, 0.5) is 0 Å². The molecule has 0 saturated carbocycles. The molecule has 4 nitrogen and oxygen atoms in total. The molecule has 1 unspecified atom stereocenters. The summed E-state index contributed by atoms with van der Waals surface area (Å²) in [7, 11) is 0. The van der Waals surface area contributed by atoms with E-state index in [2.05, 4.69) is 10.5 Å². The highest BCUT2D eigenvalue weighted by atomic mass is 35.5. The van der Waals surface area contributed by atoms with Crippen LogP contribution in [0.1, 0.15) is 33.3 Å². The predicted molar refractivity (Wildman–Crippen MR) is 90.6 cm³/mol. The minimum atomic E-state index is -0.416. The Morgan fingerprint density at radius 1 is 1.41 bits per heavy atom. The van der Waals surface area contributed by atoms with Crippen LogP contribution in [0.15, 0.2) is 34.7 Å². The summed E-state index contributed by atoms with van der Waals surface area (Å²) in [6.07, 6.45) is 2.64. The molecule has 2 aromatic rings. The third-order valence-electron chi connectivity index (χ3n) is 3.31. The third kappa shape index (κ3) is 3.27. The maximum atomic E-state index is 11.1. The summed E-state index contributed by atoms with van der Waals surface area (Å²) in [5.41, 5.74) is 10.6. The lowest BCUT2D eigenvalue weighted by Crippen LogP contribution is -2.11. The summed E-state index contributed by atoms with van der Waals surface area (Å²) in [5.74, 6) is -0.416. The molecular formula is C15H12Cl2N3OS. The van der Waals surface area contributed by atoms with Crippen molar-refractivity contribution in [2.24, 2.45) is 10.8 Å². The Morgan fingerprint density at radius 2 is 2.23 bits per heavy atom. The highest BCUT2D eigenvalue weighted by Gasteiger charge is 2.23. The lowest BCUT2D eigenvalue weighted by Gasteiger charge is -2.07. The van der Waals surface area contributed by atoms with E-state index in [9.17, 15) is 4.79 Å². The second-order valence-electron chi connectivity index (χ2n) is 4.90. The number of carbonyl (C=O) groups is 1. The van der Waals surface area contributed by atoms with Crippen LogP contribution in [-0.2, 0) is 0 Å². The van der Waals surface area contributed by atoms with Crippen LogP contribution in [0.5, 0.6) is 0 Å². The Balaban J connectivity index is 1.67. The molecule has 1 aliphatic rings. The fourth-order valence-corrected chi connectivity index (χ4v) is 3.59. The molecule has 3 rings (SSSR count). The molecule has 1 aromatic carbocycles. The SMILES string of the molecule is NC(=O)c1csc(C2CC([CH]c3ccc(Cl)cc3Cl)=NN2)c1. The number of nitrogens with two attached hydrogens (primary N) is 1. The second kappa shape index (κ2) is 6.28. The molecule has 0 fully saturated rings. The van der Waals surface area contributed by atoms with Gasteiger partial charge < -0.3 is 11.2 Å².